The summed E-state index contributed by atoms with van der Waals surface area (Å²) in [5.74, 6) is 1.65. The first kappa shape index (κ1) is 20.9. The minimum absolute atomic E-state index is 0.317. The molecule has 1 aromatic heterocycles. The molecule has 0 radical (unpaired) electrons. The van der Waals surface area contributed by atoms with E-state index in [1.807, 2.05) is 12.3 Å². The van der Waals surface area contributed by atoms with E-state index in [0.29, 0.717) is 18.7 Å². The van der Waals surface area contributed by atoms with Gasteiger partial charge >= 0.3 is 0 Å². The van der Waals surface area contributed by atoms with Crippen molar-refractivity contribution in [1.82, 2.24) is 20.5 Å². The largest absolute Gasteiger partial charge is 0.474 e. The number of hydrogen-bond acceptors (Lipinski definition) is 4. The summed E-state index contributed by atoms with van der Waals surface area (Å²) in [7, 11) is 0. The summed E-state index contributed by atoms with van der Waals surface area (Å²) >= 11 is 0. The molecule has 2 N–H and O–H groups in total. The van der Waals surface area contributed by atoms with Crippen LogP contribution in [0.2, 0.25) is 0 Å². The molecule has 6 heteroatoms. The molecular formula is C22H37N5O. The van der Waals surface area contributed by atoms with Crippen LogP contribution in [0, 0.1) is 0 Å². The molecule has 0 aromatic carbocycles. The summed E-state index contributed by atoms with van der Waals surface area (Å²) in [6.45, 7) is 9.37. The second kappa shape index (κ2) is 11.2. The lowest BCUT2D eigenvalue weighted by molar-refractivity contribution is 0.199. The molecule has 0 spiro atoms. The number of rotatable bonds is 8. The van der Waals surface area contributed by atoms with Crippen LogP contribution < -0.4 is 15.4 Å². The smallest absolute Gasteiger partial charge is 0.218 e. The van der Waals surface area contributed by atoms with Crippen molar-refractivity contribution in [2.75, 3.05) is 26.2 Å². The summed E-state index contributed by atoms with van der Waals surface area (Å²) < 4.78 is 6.16. The fourth-order valence-electron chi connectivity index (χ4n) is 4.11. The predicted octanol–water partition coefficient (Wildman–Crippen LogP) is 3.33. The van der Waals surface area contributed by atoms with E-state index in [9.17, 15) is 0 Å². The molecule has 0 unspecified atom stereocenters. The number of guanidine groups is 1. The SMILES string of the molecule is CCCN1CCC(NC(=NCc2cccnc2OC2CCCC2)NCC)CC1. The molecule has 0 atom stereocenters. The highest BCUT2D eigenvalue weighted by atomic mass is 16.5. The molecule has 1 aliphatic carbocycles. The number of hydrogen-bond donors (Lipinski definition) is 2. The van der Waals surface area contributed by atoms with Gasteiger partial charge in [-0.3, -0.25) is 0 Å². The number of aliphatic imine (C=N–C) groups is 1. The summed E-state index contributed by atoms with van der Waals surface area (Å²) in [5.41, 5.74) is 1.06. The van der Waals surface area contributed by atoms with Gasteiger partial charge in [0.1, 0.15) is 6.10 Å². The van der Waals surface area contributed by atoms with Crippen LogP contribution in [0.3, 0.4) is 0 Å². The van der Waals surface area contributed by atoms with Crippen molar-refractivity contribution in [2.45, 2.75) is 77.5 Å². The molecule has 0 bridgehead atoms. The van der Waals surface area contributed by atoms with Crippen molar-refractivity contribution in [3.63, 3.8) is 0 Å². The second-order valence-electron chi connectivity index (χ2n) is 7.95. The average Bonchev–Trinajstić information content (AvgIpc) is 3.22. The summed E-state index contributed by atoms with van der Waals surface area (Å²) in [6, 6.07) is 4.54. The highest BCUT2D eigenvalue weighted by Crippen LogP contribution is 2.25. The van der Waals surface area contributed by atoms with Crippen LogP contribution in [0.15, 0.2) is 23.3 Å². The lowest BCUT2D eigenvalue weighted by Gasteiger charge is -2.32. The molecule has 2 fully saturated rings. The number of nitrogens with zero attached hydrogens (tertiary/aromatic N) is 3. The molecule has 2 aliphatic rings. The fraction of sp³-hybridized carbons (Fsp3) is 0.727. The van der Waals surface area contributed by atoms with Gasteiger partial charge in [0.05, 0.1) is 6.54 Å². The van der Waals surface area contributed by atoms with Crippen LogP contribution in [0.25, 0.3) is 0 Å². The lowest BCUT2D eigenvalue weighted by atomic mass is 10.1. The Kier molecular flexibility index (Phi) is 8.40. The maximum Gasteiger partial charge on any atom is 0.218 e. The van der Waals surface area contributed by atoms with Crippen LogP contribution in [0.4, 0.5) is 0 Å². The third-order valence-corrected chi connectivity index (χ3v) is 5.65. The normalized spacial score (nSPS) is 19.7. The van der Waals surface area contributed by atoms with E-state index in [1.54, 1.807) is 0 Å². The Balaban J connectivity index is 1.57. The Morgan fingerprint density at radius 1 is 1.21 bits per heavy atom. The van der Waals surface area contributed by atoms with Crippen molar-refractivity contribution in [1.29, 1.82) is 0 Å². The zero-order chi connectivity index (χ0) is 19.6. The van der Waals surface area contributed by atoms with E-state index in [0.717, 1.165) is 36.8 Å². The van der Waals surface area contributed by atoms with E-state index >= 15 is 0 Å². The molecule has 28 heavy (non-hydrogen) atoms. The predicted molar refractivity (Wildman–Crippen MR) is 115 cm³/mol. The third kappa shape index (κ3) is 6.36. The molecule has 0 amide bonds. The zero-order valence-electron chi connectivity index (χ0n) is 17.6. The minimum Gasteiger partial charge on any atom is -0.474 e. The van der Waals surface area contributed by atoms with Crippen LogP contribution >= 0.6 is 0 Å². The van der Waals surface area contributed by atoms with Crippen LogP contribution in [-0.2, 0) is 6.54 Å². The first-order chi connectivity index (χ1) is 13.8. The Morgan fingerprint density at radius 2 is 2.00 bits per heavy atom. The fourth-order valence-corrected chi connectivity index (χ4v) is 4.11. The number of piperidine rings is 1. The molecule has 156 valence electrons. The van der Waals surface area contributed by atoms with E-state index < -0.39 is 0 Å². The van der Waals surface area contributed by atoms with E-state index in [-0.39, 0.29) is 0 Å². The molecule has 1 saturated carbocycles. The van der Waals surface area contributed by atoms with Crippen molar-refractivity contribution in [3.05, 3.63) is 23.9 Å². The standard InChI is InChI=1S/C22H37N5O/c1-3-14-27-15-11-19(12-16-27)26-22(23-4-2)25-17-18-8-7-13-24-21(18)28-20-9-5-6-10-20/h7-8,13,19-20H,3-6,9-12,14-17H2,1-2H3,(H2,23,25,26). The topological polar surface area (TPSA) is 61.8 Å². The first-order valence-electron chi connectivity index (χ1n) is 11.2. The highest BCUT2D eigenvalue weighted by molar-refractivity contribution is 5.80. The second-order valence-corrected chi connectivity index (χ2v) is 7.95. The molecule has 1 aromatic rings. The summed E-state index contributed by atoms with van der Waals surface area (Å²) in [5, 5.41) is 7.03. The molecule has 6 nitrogen and oxygen atoms in total. The van der Waals surface area contributed by atoms with E-state index in [2.05, 4.69) is 40.4 Å². The van der Waals surface area contributed by atoms with Gasteiger partial charge in [-0.1, -0.05) is 13.0 Å². The summed E-state index contributed by atoms with van der Waals surface area (Å²) in [4.78, 5) is 11.9. The van der Waals surface area contributed by atoms with E-state index in [4.69, 9.17) is 9.73 Å². The first-order valence-corrected chi connectivity index (χ1v) is 11.2. The Bertz CT molecular complexity index is 607. The average molecular weight is 388 g/mol. The number of likely N-dealkylation sites (tertiary alicyclic amines) is 1. The number of aromatic nitrogens is 1. The van der Waals surface area contributed by atoms with Gasteiger partial charge in [-0.25, -0.2) is 9.98 Å². The highest BCUT2D eigenvalue weighted by Gasteiger charge is 2.20. The number of ether oxygens (including phenoxy) is 1. The van der Waals surface area contributed by atoms with Gasteiger partial charge in [0.25, 0.3) is 0 Å². The van der Waals surface area contributed by atoms with Gasteiger partial charge in [0, 0.05) is 37.4 Å². The number of pyridine rings is 1. The Morgan fingerprint density at radius 3 is 2.71 bits per heavy atom. The van der Waals surface area contributed by atoms with Crippen molar-refractivity contribution in [2.24, 2.45) is 4.99 Å². The quantitative estimate of drug-likeness (QED) is 0.529. The zero-order valence-corrected chi connectivity index (χ0v) is 17.6. The third-order valence-electron chi connectivity index (χ3n) is 5.65. The molecule has 2 heterocycles. The van der Waals surface area contributed by atoms with Crippen LogP contribution in [-0.4, -0.2) is 54.2 Å². The number of nitrogens with one attached hydrogen (secondary N) is 2. The maximum absolute atomic E-state index is 6.16. The van der Waals surface area contributed by atoms with Gasteiger partial charge in [0.2, 0.25) is 5.88 Å². The minimum atomic E-state index is 0.317. The van der Waals surface area contributed by atoms with Crippen molar-refractivity contribution in [3.8, 4) is 5.88 Å². The van der Waals surface area contributed by atoms with E-state index in [1.165, 1.54) is 51.7 Å². The summed E-state index contributed by atoms with van der Waals surface area (Å²) in [6.07, 6.45) is 10.5. The van der Waals surface area contributed by atoms with Gasteiger partial charge in [0.15, 0.2) is 5.96 Å². The molecule has 3 rings (SSSR count). The van der Waals surface area contributed by atoms with Crippen molar-refractivity contribution < 1.29 is 4.74 Å². The Hall–Kier alpha value is -1.82. The monoisotopic (exact) mass is 387 g/mol. The van der Waals surface area contributed by atoms with Gasteiger partial charge in [-0.15, -0.1) is 0 Å². The van der Waals surface area contributed by atoms with Crippen molar-refractivity contribution >= 4 is 5.96 Å². The Labute approximate surface area is 170 Å². The molecular weight excluding hydrogens is 350 g/mol. The maximum atomic E-state index is 6.16. The molecule has 1 saturated heterocycles. The van der Waals surface area contributed by atoms with Gasteiger partial charge in [-0.2, -0.15) is 0 Å². The van der Waals surface area contributed by atoms with Crippen LogP contribution in [0.1, 0.15) is 64.4 Å². The molecule has 1 aliphatic heterocycles. The van der Waals surface area contributed by atoms with Gasteiger partial charge < -0.3 is 20.3 Å². The van der Waals surface area contributed by atoms with Crippen LogP contribution in [0.5, 0.6) is 5.88 Å². The van der Waals surface area contributed by atoms with Gasteiger partial charge in [-0.05, 0) is 64.5 Å². The lowest BCUT2D eigenvalue weighted by Crippen LogP contribution is -2.48.